The van der Waals surface area contributed by atoms with Crippen LogP contribution in [0.25, 0.3) is 6.08 Å². The molecule has 3 nitrogen and oxygen atoms in total. The molecule has 1 aromatic rings. The normalized spacial score (nSPS) is 12.6. The molecular formula is C12H10BrFO3. The van der Waals surface area contributed by atoms with Gasteiger partial charge in [0.2, 0.25) is 0 Å². The van der Waals surface area contributed by atoms with Crippen molar-refractivity contribution in [2.75, 3.05) is 0 Å². The number of alkyl halides is 1. The van der Waals surface area contributed by atoms with Crippen molar-refractivity contribution in [2.45, 2.75) is 11.8 Å². The predicted molar refractivity (Wildman–Crippen MR) is 65.8 cm³/mol. The van der Waals surface area contributed by atoms with Crippen molar-refractivity contribution in [3.05, 3.63) is 41.2 Å². The molecule has 90 valence electrons. The van der Waals surface area contributed by atoms with Gasteiger partial charge >= 0.3 is 5.97 Å². The second-order valence-corrected chi connectivity index (χ2v) is 4.76. The van der Waals surface area contributed by atoms with E-state index in [9.17, 15) is 14.0 Å². The van der Waals surface area contributed by atoms with E-state index in [4.69, 9.17) is 5.11 Å². The second-order valence-electron chi connectivity index (χ2n) is 3.38. The highest BCUT2D eigenvalue weighted by atomic mass is 79.9. The quantitative estimate of drug-likeness (QED) is 0.528. The Bertz CT molecular complexity index is 481. The van der Waals surface area contributed by atoms with E-state index in [0.29, 0.717) is 5.56 Å². The number of hydrogen-bond acceptors (Lipinski definition) is 2. The molecule has 0 saturated carbocycles. The number of Topliss-reactive ketones (excluding diaryl/α,β-unsaturated/α-hetero) is 1. The molecule has 1 unspecified atom stereocenters. The molecular weight excluding hydrogens is 291 g/mol. The molecule has 0 aromatic heterocycles. The SMILES string of the molecule is CC(Br)C(=O)c1cc(F)ccc1C=CC(=O)O. The van der Waals surface area contributed by atoms with Crippen molar-refractivity contribution >= 4 is 33.8 Å². The van der Waals surface area contributed by atoms with Crippen LogP contribution in [0.3, 0.4) is 0 Å². The summed E-state index contributed by atoms with van der Waals surface area (Å²) in [5.74, 6) is -1.96. The summed E-state index contributed by atoms with van der Waals surface area (Å²) in [5, 5.41) is 8.51. The lowest BCUT2D eigenvalue weighted by molar-refractivity contribution is -0.131. The number of halogens is 2. The average Bonchev–Trinajstić information content (AvgIpc) is 2.26. The molecule has 0 radical (unpaired) electrons. The predicted octanol–water partition coefficient (Wildman–Crippen LogP) is 2.89. The van der Waals surface area contributed by atoms with E-state index in [1.54, 1.807) is 6.92 Å². The molecule has 0 saturated heterocycles. The van der Waals surface area contributed by atoms with Crippen LogP contribution in [0.15, 0.2) is 24.3 Å². The minimum Gasteiger partial charge on any atom is -0.478 e. The van der Waals surface area contributed by atoms with E-state index < -0.39 is 16.6 Å². The van der Waals surface area contributed by atoms with Gasteiger partial charge in [0.25, 0.3) is 0 Å². The highest BCUT2D eigenvalue weighted by Crippen LogP contribution is 2.18. The monoisotopic (exact) mass is 300 g/mol. The zero-order valence-corrected chi connectivity index (χ0v) is 10.6. The van der Waals surface area contributed by atoms with Crippen LogP contribution >= 0.6 is 15.9 Å². The molecule has 0 aliphatic carbocycles. The number of carboxylic acid groups (broad SMARTS) is 1. The number of benzene rings is 1. The highest BCUT2D eigenvalue weighted by molar-refractivity contribution is 9.10. The Labute approximate surface area is 106 Å². The molecule has 1 aromatic carbocycles. The van der Waals surface area contributed by atoms with Crippen LogP contribution in [0.1, 0.15) is 22.8 Å². The smallest absolute Gasteiger partial charge is 0.328 e. The maximum atomic E-state index is 13.1. The third-order valence-electron chi connectivity index (χ3n) is 2.05. The third kappa shape index (κ3) is 3.78. The molecule has 0 aliphatic heterocycles. The minimum absolute atomic E-state index is 0.159. The van der Waals surface area contributed by atoms with Gasteiger partial charge in [0, 0.05) is 11.6 Å². The van der Waals surface area contributed by atoms with E-state index >= 15 is 0 Å². The maximum Gasteiger partial charge on any atom is 0.328 e. The molecule has 1 N–H and O–H groups in total. The number of hydrogen-bond donors (Lipinski definition) is 1. The van der Waals surface area contributed by atoms with Crippen LogP contribution in [-0.2, 0) is 4.79 Å². The molecule has 0 spiro atoms. The topological polar surface area (TPSA) is 54.4 Å². The van der Waals surface area contributed by atoms with E-state index in [1.807, 2.05) is 0 Å². The number of carboxylic acids is 1. The van der Waals surface area contributed by atoms with Crippen molar-refractivity contribution in [1.29, 1.82) is 0 Å². The Balaban J connectivity index is 3.21. The second kappa shape index (κ2) is 5.72. The Morgan fingerprint density at radius 2 is 2.12 bits per heavy atom. The van der Waals surface area contributed by atoms with E-state index in [0.717, 1.165) is 12.1 Å². The summed E-state index contributed by atoms with van der Waals surface area (Å²) in [5.41, 5.74) is 0.539. The van der Waals surface area contributed by atoms with Crippen molar-refractivity contribution in [2.24, 2.45) is 0 Å². The fourth-order valence-electron chi connectivity index (χ4n) is 1.26. The largest absolute Gasteiger partial charge is 0.478 e. The van der Waals surface area contributed by atoms with Gasteiger partial charge in [-0.1, -0.05) is 22.0 Å². The van der Waals surface area contributed by atoms with Gasteiger partial charge in [0.15, 0.2) is 5.78 Å². The summed E-state index contributed by atoms with van der Waals surface area (Å²) < 4.78 is 13.1. The number of carbonyl (C=O) groups is 2. The lowest BCUT2D eigenvalue weighted by Gasteiger charge is -2.06. The summed E-state index contributed by atoms with van der Waals surface area (Å²) in [6.07, 6.45) is 2.17. The van der Waals surface area contributed by atoms with Crippen molar-refractivity contribution in [1.82, 2.24) is 0 Å². The molecule has 1 atom stereocenters. The first-order valence-corrected chi connectivity index (χ1v) is 5.72. The standard InChI is InChI=1S/C12H10BrFO3/c1-7(13)12(17)10-6-9(14)4-2-8(10)3-5-11(15)16/h2-7H,1H3,(H,15,16). The molecule has 1 rings (SSSR count). The van der Waals surface area contributed by atoms with E-state index in [2.05, 4.69) is 15.9 Å². The van der Waals surface area contributed by atoms with Crippen LogP contribution in [0.4, 0.5) is 4.39 Å². The lowest BCUT2D eigenvalue weighted by Crippen LogP contribution is -2.12. The Kier molecular flexibility index (Phi) is 4.57. The Morgan fingerprint density at radius 1 is 1.47 bits per heavy atom. The number of aliphatic carboxylic acids is 1. The van der Waals surface area contributed by atoms with Crippen LogP contribution in [-0.4, -0.2) is 21.7 Å². The van der Waals surface area contributed by atoms with Crippen LogP contribution in [0.5, 0.6) is 0 Å². The summed E-state index contributed by atoms with van der Waals surface area (Å²) in [6.45, 7) is 1.62. The van der Waals surface area contributed by atoms with Gasteiger partial charge < -0.3 is 5.11 Å². The summed E-state index contributed by atoms with van der Waals surface area (Å²) >= 11 is 3.10. The first kappa shape index (κ1) is 13.6. The zero-order valence-electron chi connectivity index (χ0n) is 8.98. The van der Waals surface area contributed by atoms with Gasteiger partial charge in [0.05, 0.1) is 4.83 Å². The zero-order chi connectivity index (χ0) is 13.0. The van der Waals surface area contributed by atoms with Crippen molar-refractivity contribution in [3.8, 4) is 0 Å². The Hall–Kier alpha value is -1.49. The first-order valence-electron chi connectivity index (χ1n) is 4.80. The minimum atomic E-state index is -1.13. The fraction of sp³-hybridized carbons (Fsp3) is 0.167. The molecule has 5 heteroatoms. The van der Waals surface area contributed by atoms with Crippen LogP contribution in [0, 0.1) is 5.82 Å². The molecule has 17 heavy (non-hydrogen) atoms. The van der Waals surface area contributed by atoms with Crippen molar-refractivity contribution in [3.63, 3.8) is 0 Å². The summed E-state index contributed by atoms with van der Waals surface area (Å²) in [7, 11) is 0. The van der Waals surface area contributed by atoms with Gasteiger partial charge in [0.1, 0.15) is 5.82 Å². The number of carbonyl (C=O) groups excluding carboxylic acids is 1. The third-order valence-corrected chi connectivity index (χ3v) is 2.46. The molecule has 0 aliphatic rings. The molecule has 0 bridgehead atoms. The van der Waals surface area contributed by atoms with Crippen LogP contribution < -0.4 is 0 Å². The van der Waals surface area contributed by atoms with Gasteiger partial charge in [-0.2, -0.15) is 0 Å². The van der Waals surface area contributed by atoms with Gasteiger partial charge in [-0.3, -0.25) is 4.79 Å². The Morgan fingerprint density at radius 3 is 2.65 bits per heavy atom. The van der Waals surface area contributed by atoms with Gasteiger partial charge in [-0.05, 0) is 30.7 Å². The first-order chi connectivity index (χ1) is 7.91. The lowest BCUT2D eigenvalue weighted by atomic mass is 10.0. The highest BCUT2D eigenvalue weighted by Gasteiger charge is 2.15. The molecule has 0 heterocycles. The van der Waals surface area contributed by atoms with Crippen molar-refractivity contribution < 1.29 is 19.1 Å². The average molecular weight is 301 g/mol. The number of rotatable bonds is 4. The molecule has 0 amide bonds. The van der Waals surface area contributed by atoms with Gasteiger partial charge in [-0.25, -0.2) is 9.18 Å². The summed E-state index contributed by atoms with van der Waals surface area (Å²) in [6, 6.07) is 3.65. The van der Waals surface area contributed by atoms with Crippen LogP contribution in [0.2, 0.25) is 0 Å². The van der Waals surface area contributed by atoms with Gasteiger partial charge in [-0.15, -0.1) is 0 Å². The van der Waals surface area contributed by atoms with E-state index in [-0.39, 0.29) is 11.3 Å². The summed E-state index contributed by atoms with van der Waals surface area (Å²) in [4.78, 5) is 21.7. The fourth-order valence-corrected chi connectivity index (χ4v) is 1.51. The molecule has 0 fully saturated rings. The maximum absolute atomic E-state index is 13.1. The van der Waals surface area contributed by atoms with E-state index in [1.165, 1.54) is 18.2 Å². The number of ketones is 1.